The van der Waals surface area contributed by atoms with Crippen molar-refractivity contribution >= 4 is 102 Å². The Bertz CT molecular complexity index is 2400. The highest BCUT2D eigenvalue weighted by Gasteiger charge is 2.43. The average Bonchev–Trinajstić information content (AvgIpc) is 4.18. The van der Waals surface area contributed by atoms with Gasteiger partial charge in [-0.1, -0.05) is 90.9 Å². The molecule has 6 nitrogen and oxygen atoms in total. The number of phenols is 1. The first-order chi connectivity index (χ1) is 28.5. The summed E-state index contributed by atoms with van der Waals surface area (Å²) in [6.07, 6.45) is 4.60. The zero-order valence-corrected chi connectivity index (χ0v) is 42.0. The molecule has 0 spiro atoms. The van der Waals surface area contributed by atoms with Crippen molar-refractivity contribution in [2.75, 3.05) is 0 Å². The molecule has 0 unspecified atom stereocenters. The van der Waals surface area contributed by atoms with Gasteiger partial charge in [0, 0.05) is 27.6 Å². The van der Waals surface area contributed by atoms with Crippen molar-refractivity contribution in [1.29, 1.82) is 10.5 Å². The van der Waals surface area contributed by atoms with Crippen LogP contribution in [0.15, 0.2) is 136 Å². The highest BCUT2D eigenvalue weighted by atomic mass is 127. The monoisotopic (exact) mass is 1130 g/mol. The molecule has 2 aliphatic carbocycles. The van der Waals surface area contributed by atoms with Crippen molar-refractivity contribution in [3.8, 4) is 40.9 Å². The van der Waals surface area contributed by atoms with E-state index < -0.39 is 5.54 Å². The first-order valence-corrected chi connectivity index (χ1v) is 22.5. The maximum absolute atomic E-state index is 9.21. The van der Waals surface area contributed by atoms with Crippen molar-refractivity contribution in [2.24, 2.45) is 11.1 Å². The third-order valence-corrected chi connectivity index (χ3v) is 11.6. The van der Waals surface area contributed by atoms with Crippen LogP contribution in [-0.2, 0) is 6.42 Å². The Morgan fingerprint density at radius 3 is 1.43 bits per heavy atom. The molecule has 0 amide bonds. The smallest absolute Gasteiger partial charge is 0.131 e. The van der Waals surface area contributed by atoms with Crippen LogP contribution in [-0.4, -0.2) is 10.6 Å². The fourth-order valence-electron chi connectivity index (χ4n) is 4.94. The Morgan fingerprint density at radius 2 is 1.05 bits per heavy atom. The summed E-state index contributed by atoms with van der Waals surface area (Å²) >= 11 is 26.2. The molecule has 0 heterocycles. The summed E-state index contributed by atoms with van der Waals surface area (Å²) in [7, 11) is 0. The van der Waals surface area contributed by atoms with Gasteiger partial charge in [-0.25, -0.2) is 0 Å². The summed E-state index contributed by atoms with van der Waals surface area (Å²) in [5.74, 6) is 3.57. The van der Waals surface area contributed by atoms with E-state index >= 15 is 0 Å². The maximum Gasteiger partial charge on any atom is 0.131 e. The fourth-order valence-corrected chi connectivity index (χ4v) is 6.36. The van der Waals surface area contributed by atoms with Crippen molar-refractivity contribution in [3.63, 3.8) is 0 Å². The molecule has 0 bridgehead atoms. The third-order valence-electron chi connectivity index (χ3n) is 9.10. The van der Waals surface area contributed by atoms with Crippen LogP contribution >= 0.6 is 102 Å². The Kier molecular flexibility index (Phi) is 21.2. The zero-order chi connectivity index (χ0) is 43.9. The number of aromatic hydroxyl groups is 1. The average molecular weight is 1140 g/mol. The molecule has 61 heavy (non-hydrogen) atoms. The Morgan fingerprint density at radius 1 is 0.623 bits per heavy atom. The van der Waals surface area contributed by atoms with Gasteiger partial charge >= 0.3 is 0 Å². The second kappa shape index (κ2) is 25.0. The van der Waals surface area contributed by atoms with Crippen LogP contribution in [0.1, 0.15) is 47.9 Å². The highest BCUT2D eigenvalue weighted by Crippen LogP contribution is 2.48. The van der Waals surface area contributed by atoms with Crippen LogP contribution in [0.3, 0.4) is 0 Å². The summed E-state index contributed by atoms with van der Waals surface area (Å²) in [6.45, 7) is 5.89. The van der Waals surface area contributed by atoms with Gasteiger partial charge in [-0.3, -0.25) is 0 Å². The minimum atomic E-state index is -0.403. The van der Waals surface area contributed by atoms with Crippen LogP contribution in [0.25, 0.3) is 0 Å². The molecule has 0 aromatic heterocycles. The van der Waals surface area contributed by atoms with E-state index in [2.05, 4.69) is 66.6 Å². The predicted molar refractivity (Wildman–Crippen MR) is 268 cm³/mol. The first kappa shape index (κ1) is 51.9. The molecule has 0 atom stereocenters. The topological polar surface area (TPSA) is 112 Å². The van der Waals surface area contributed by atoms with Crippen LogP contribution in [0.5, 0.6) is 28.7 Å². The van der Waals surface area contributed by atoms with Gasteiger partial charge in [0.2, 0.25) is 0 Å². The second-order valence-electron chi connectivity index (χ2n) is 14.3. The molecule has 2 fully saturated rings. The van der Waals surface area contributed by atoms with Gasteiger partial charge in [0.25, 0.3) is 0 Å². The molecule has 0 saturated heterocycles. The molecular formula is C48H44Br2Cl4IN3O3. The zero-order valence-electron chi connectivity index (χ0n) is 33.6. The van der Waals surface area contributed by atoms with Gasteiger partial charge in [-0.15, -0.1) is 12.4 Å². The molecule has 318 valence electrons. The second-order valence-corrected chi connectivity index (χ2v) is 18.7. The SMILES string of the molecule is Cc1ccc(Br)cc1O.Cc1ccc(Br)cc1Oc1ccc(Cl)cc1.Cc1ccc(CC2(C#N)CC2)cc1Oc1ccc(Cl)cc1.Cl.Clc1ccc(I)cc1.N#CC1(N)CC1. The van der Waals surface area contributed by atoms with Crippen molar-refractivity contribution < 1.29 is 14.6 Å². The summed E-state index contributed by atoms with van der Waals surface area (Å²) in [6, 6.07) is 44.3. The van der Waals surface area contributed by atoms with E-state index in [1.165, 1.54) is 3.57 Å². The number of nitrogens with two attached hydrogens (primary N) is 1. The van der Waals surface area contributed by atoms with E-state index in [1.54, 1.807) is 6.07 Å². The normalized spacial score (nSPS) is 13.0. The van der Waals surface area contributed by atoms with Crippen molar-refractivity contribution in [3.05, 3.63) is 177 Å². The molecule has 0 aliphatic heterocycles. The first-order valence-electron chi connectivity index (χ1n) is 18.7. The van der Waals surface area contributed by atoms with Gasteiger partial charge in [0.1, 0.15) is 34.3 Å². The summed E-state index contributed by atoms with van der Waals surface area (Å²) in [5, 5.41) is 28.6. The summed E-state index contributed by atoms with van der Waals surface area (Å²) in [4.78, 5) is 0. The van der Waals surface area contributed by atoms with Crippen molar-refractivity contribution in [1.82, 2.24) is 0 Å². The van der Waals surface area contributed by atoms with Gasteiger partial charge in [-0.2, -0.15) is 10.5 Å². The molecule has 0 radical (unpaired) electrons. The van der Waals surface area contributed by atoms with Gasteiger partial charge in [-0.05, 0) is 201 Å². The lowest BCUT2D eigenvalue weighted by Crippen LogP contribution is -2.17. The molecule has 2 saturated carbocycles. The van der Waals surface area contributed by atoms with E-state index in [4.69, 9.17) is 60.4 Å². The number of nitrogens with zero attached hydrogens (tertiary/aromatic N) is 2. The molecule has 6 aromatic rings. The molecule has 3 N–H and O–H groups in total. The highest BCUT2D eigenvalue weighted by molar-refractivity contribution is 14.1. The number of phenolic OH excluding ortho intramolecular Hbond substituents is 1. The number of aryl methyl sites for hydroxylation is 3. The largest absolute Gasteiger partial charge is 0.508 e. The van der Waals surface area contributed by atoms with Crippen LogP contribution in [0, 0.1) is 52.4 Å². The lowest BCUT2D eigenvalue weighted by Gasteiger charge is -2.12. The van der Waals surface area contributed by atoms with Crippen LogP contribution in [0.2, 0.25) is 15.1 Å². The number of hydrogen-bond donors (Lipinski definition) is 2. The molecule has 2 aliphatic rings. The number of rotatable bonds is 6. The Hall–Kier alpha value is -3.49. The molecule has 13 heteroatoms. The number of halogens is 7. The van der Waals surface area contributed by atoms with E-state index in [0.717, 1.165) is 91.3 Å². The standard InChI is InChI=1S/C18H16ClNO.C13H10BrClO.C7H7BrO.C6H4ClI.C4H6N2.ClH/c1-13-2-3-14(11-18(12-20)8-9-18)10-17(13)21-16-6-4-15(19)5-7-16;1-9-2-3-10(14)8-13(9)16-12-6-4-11(15)5-7-12;1-5-2-3-6(8)4-7(5)9;7-5-1-3-6(8)4-2-5;5-3-4(6)1-2-4;/h2-7,10H,8-9,11H2,1H3;2-8H,1H3;2-4,9H,1H3;1-4H;1-2,6H2;1H. The molecular weight excluding hydrogens is 1100 g/mol. The van der Waals surface area contributed by atoms with Gasteiger partial charge < -0.3 is 20.3 Å². The van der Waals surface area contributed by atoms with E-state index in [9.17, 15) is 5.26 Å². The molecule has 8 rings (SSSR count). The van der Waals surface area contributed by atoms with Crippen LogP contribution < -0.4 is 15.2 Å². The number of hydrogen-bond acceptors (Lipinski definition) is 6. The fraction of sp³-hybridized carbons (Fsp3) is 0.208. The maximum atomic E-state index is 9.21. The quantitative estimate of drug-likeness (QED) is 0.161. The number of nitriles is 2. The van der Waals surface area contributed by atoms with E-state index in [-0.39, 0.29) is 17.8 Å². The van der Waals surface area contributed by atoms with Crippen molar-refractivity contribution in [2.45, 2.75) is 58.4 Å². The minimum absolute atomic E-state index is 0. The Labute approximate surface area is 410 Å². The van der Waals surface area contributed by atoms with Crippen LogP contribution in [0.4, 0.5) is 0 Å². The number of benzene rings is 6. The lowest BCUT2D eigenvalue weighted by atomic mass is 9.97. The third kappa shape index (κ3) is 18.8. The molecule has 6 aromatic carbocycles. The predicted octanol–water partition coefficient (Wildman–Crippen LogP) is 16.3. The van der Waals surface area contributed by atoms with E-state index in [0.29, 0.717) is 15.8 Å². The summed E-state index contributed by atoms with van der Waals surface area (Å²) < 4.78 is 14.8. The van der Waals surface area contributed by atoms with Gasteiger partial charge in [0.15, 0.2) is 0 Å². The Balaban J connectivity index is 0.000000218. The lowest BCUT2D eigenvalue weighted by molar-refractivity contribution is 0.470. The van der Waals surface area contributed by atoms with E-state index in [1.807, 2.05) is 142 Å². The summed E-state index contributed by atoms with van der Waals surface area (Å²) in [5.41, 5.74) is 8.98. The minimum Gasteiger partial charge on any atom is -0.508 e. The van der Waals surface area contributed by atoms with Gasteiger partial charge in [0.05, 0.1) is 17.6 Å². The number of ether oxygens (including phenoxy) is 2.